The van der Waals surface area contributed by atoms with Crippen molar-refractivity contribution in [1.29, 1.82) is 0 Å². The first-order valence-corrected chi connectivity index (χ1v) is 7.26. The van der Waals surface area contributed by atoms with Crippen molar-refractivity contribution in [3.63, 3.8) is 0 Å². The summed E-state index contributed by atoms with van der Waals surface area (Å²) in [5.74, 6) is 2.16. The maximum atomic E-state index is 5.43. The lowest BCUT2D eigenvalue weighted by Gasteiger charge is -2.15. The molecule has 0 spiro atoms. The van der Waals surface area contributed by atoms with Crippen molar-refractivity contribution in [2.24, 2.45) is 0 Å². The van der Waals surface area contributed by atoms with Gasteiger partial charge in [-0.25, -0.2) is 9.97 Å². The SMILES string of the molecule is CCC(C)Nc1nc(-c2ccco2)nc2ccc(C)cc12. The molecule has 1 unspecified atom stereocenters. The lowest BCUT2D eigenvalue weighted by molar-refractivity contribution is 0.577. The van der Waals surface area contributed by atoms with Gasteiger partial charge in [-0.3, -0.25) is 0 Å². The first kappa shape index (κ1) is 13.6. The fourth-order valence-electron chi connectivity index (χ4n) is 2.20. The molecule has 2 aromatic heterocycles. The van der Waals surface area contributed by atoms with Gasteiger partial charge in [-0.15, -0.1) is 0 Å². The number of fused-ring (bicyclic) bond motifs is 1. The highest BCUT2D eigenvalue weighted by atomic mass is 16.3. The second kappa shape index (κ2) is 5.56. The van der Waals surface area contributed by atoms with Crippen LogP contribution in [0.25, 0.3) is 22.5 Å². The number of nitrogens with zero attached hydrogens (tertiary/aromatic N) is 2. The summed E-state index contributed by atoms with van der Waals surface area (Å²) in [6.07, 6.45) is 2.67. The van der Waals surface area contributed by atoms with E-state index in [9.17, 15) is 0 Å². The van der Waals surface area contributed by atoms with Crippen molar-refractivity contribution in [2.75, 3.05) is 5.32 Å². The molecule has 108 valence electrons. The van der Waals surface area contributed by atoms with Gasteiger partial charge in [-0.1, -0.05) is 18.6 Å². The molecule has 0 aliphatic rings. The second-order valence-electron chi connectivity index (χ2n) is 5.35. The molecule has 0 aliphatic heterocycles. The van der Waals surface area contributed by atoms with Crippen LogP contribution >= 0.6 is 0 Å². The van der Waals surface area contributed by atoms with E-state index in [1.807, 2.05) is 18.2 Å². The molecule has 0 fully saturated rings. The molecule has 21 heavy (non-hydrogen) atoms. The van der Waals surface area contributed by atoms with Crippen LogP contribution < -0.4 is 5.32 Å². The largest absolute Gasteiger partial charge is 0.461 e. The third kappa shape index (κ3) is 2.75. The maximum absolute atomic E-state index is 5.43. The predicted octanol–water partition coefficient (Wildman–Crippen LogP) is 4.41. The number of aromatic nitrogens is 2. The highest BCUT2D eigenvalue weighted by molar-refractivity contribution is 5.91. The fourth-order valence-corrected chi connectivity index (χ4v) is 2.20. The van der Waals surface area contributed by atoms with E-state index in [1.165, 1.54) is 5.56 Å². The van der Waals surface area contributed by atoms with Gasteiger partial charge >= 0.3 is 0 Å². The van der Waals surface area contributed by atoms with Gasteiger partial charge in [0.2, 0.25) is 0 Å². The van der Waals surface area contributed by atoms with E-state index in [-0.39, 0.29) is 0 Å². The standard InChI is InChI=1S/C17H19N3O/c1-4-12(3)18-16-13-10-11(2)7-8-14(13)19-17(20-16)15-6-5-9-21-15/h5-10,12H,4H2,1-3H3,(H,18,19,20). The number of rotatable bonds is 4. The van der Waals surface area contributed by atoms with E-state index in [1.54, 1.807) is 6.26 Å². The molecule has 0 amide bonds. The molecule has 1 aromatic carbocycles. The number of benzene rings is 1. The van der Waals surface area contributed by atoms with Crippen LogP contribution in [0.5, 0.6) is 0 Å². The lowest BCUT2D eigenvalue weighted by atomic mass is 10.1. The molecule has 4 nitrogen and oxygen atoms in total. The minimum absolute atomic E-state index is 0.355. The van der Waals surface area contributed by atoms with E-state index in [0.717, 1.165) is 23.1 Å². The molecule has 0 saturated heterocycles. The van der Waals surface area contributed by atoms with E-state index in [2.05, 4.69) is 48.2 Å². The molecule has 1 atom stereocenters. The van der Waals surface area contributed by atoms with Gasteiger partial charge in [0, 0.05) is 11.4 Å². The zero-order valence-electron chi connectivity index (χ0n) is 12.6. The van der Waals surface area contributed by atoms with Gasteiger partial charge in [0.25, 0.3) is 0 Å². The van der Waals surface area contributed by atoms with Crippen LogP contribution in [0.15, 0.2) is 41.0 Å². The molecule has 0 radical (unpaired) electrons. The molecule has 0 bridgehead atoms. The summed E-state index contributed by atoms with van der Waals surface area (Å²) in [6, 6.07) is 10.3. The van der Waals surface area contributed by atoms with Crippen LogP contribution in [-0.4, -0.2) is 16.0 Å². The van der Waals surface area contributed by atoms with Crippen LogP contribution in [0.3, 0.4) is 0 Å². The summed E-state index contributed by atoms with van der Waals surface area (Å²) in [5.41, 5.74) is 2.12. The predicted molar refractivity (Wildman–Crippen MR) is 85.4 cm³/mol. The number of anilines is 1. The van der Waals surface area contributed by atoms with Crippen LogP contribution in [0.2, 0.25) is 0 Å². The topological polar surface area (TPSA) is 51.0 Å². The molecular weight excluding hydrogens is 262 g/mol. The molecule has 3 rings (SSSR count). The fraction of sp³-hybridized carbons (Fsp3) is 0.294. The van der Waals surface area contributed by atoms with Gasteiger partial charge in [0.05, 0.1) is 11.8 Å². The number of aryl methyl sites for hydroxylation is 1. The molecule has 0 saturated carbocycles. The average molecular weight is 281 g/mol. The Morgan fingerprint density at radius 1 is 1.24 bits per heavy atom. The van der Waals surface area contributed by atoms with Gasteiger partial charge in [0.1, 0.15) is 5.82 Å². The second-order valence-corrected chi connectivity index (χ2v) is 5.35. The first-order valence-electron chi connectivity index (χ1n) is 7.26. The van der Waals surface area contributed by atoms with Crippen LogP contribution in [0.4, 0.5) is 5.82 Å². The Balaban J connectivity index is 2.17. The quantitative estimate of drug-likeness (QED) is 0.769. The van der Waals surface area contributed by atoms with Crippen LogP contribution in [-0.2, 0) is 0 Å². The highest BCUT2D eigenvalue weighted by Crippen LogP contribution is 2.26. The zero-order chi connectivity index (χ0) is 14.8. The van der Waals surface area contributed by atoms with Gasteiger partial charge in [0.15, 0.2) is 11.6 Å². The number of hydrogen-bond donors (Lipinski definition) is 1. The van der Waals surface area contributed by atoms with Gasteiger partial charge in [-0.05, 0) is 44.5 Å². The van der Waals surface area contributed by atoms with Crippen molar-refractivity contribution in [2.45, 2.75) is 33.2 Å². The van der Waals surface area contributed by atoms with E-state index < -0.39 is 0 Å². The Morgan fingerprint density at radius 3 is 2.81 bits per heavy atom. The Labute approximate surface area is 124 Å². The van der Waals surface area contributed by atoms with E-state index in [4.69, 9.17) is 4.42 Å². The zero-order valence-corrected chi connectivity index (χ0v) is 12.6. The molecule has 1 N–H and O–H groups in total. The smallest absolute Gasteiger partial charge is 0.198 e. The molecule has 4 heteroatoms. The Hall–Kier alpha value is -2.36. The molecule has 3 aromatic rings. The minimum Gasteiger partial charge on any atom is -0.461 e. The lowest BCUT2D eigenvalue weighted by Crippen LogP contribution is -2.15. The molecular formula is C17H19N3O. The normalized spacial score (nSPS) is 12.5. The minimum atomic E-state index is 0.355. The summed E-state index contributed by atoms with van der Waals surface area (Å²) < 4.78 is 5.43. The van der Waals surface area contributed by atoms with Crippen molar-refractivity contribution >= 4 is 16.7 Å². The average Bonchev–Trinajstić information content (AvgIpc) is 3.01. The summed E-state index contributed by atoms with van der Waals surface area (Å²) >= 11 is 0. The monoisotopic (exact) mass is 281 g/mol. The summed E-state index contributed by atoms with van der Waals surface area (Å²) in [6.45, 7) is 6.38. The Kier molecular flexibility index (Phi) is 3.60. The van der Waals surface area contributed by atoms with Crippen molar-refractivity contribution in [3.8, 4) is 11.6 Å². The Bertz CT molecular complexity index is 750. The first-order chi connectivity index (χ1) is 10.2. The van der Waals surface area contributed by atoms with Crippen molar-refractivity contribution < 1.29 is 4.42 Å². The Morgan fingerprint density at radius 2 is 2.10 bits per heavy atom. The van der Waals surface area contributed by atoms with Gasteiger partial charge < -0.3 is 9.73 Å². The number of hydrogen-bond acceptors (Lipinski definition) is 4. The van der Waals surface area contributed by atoms with Crippen molar-refractivity contribution in [1.82, 2.24) is 9.97 Å². The summed E-state index contributed by atoms with van der Waals surface area (Å²) in [5, 5.41) is 4.52. The molecule has 0 aliphatic carbocycles. The third-order valence-corrected chi connectivity index (χ3v) is 3.59. The van der Waals surface area contributed by atoms with E-state index >= 15 is 0 Å². The van der Waals surface area contributed by atoms with E-state index in [0.29, 0.717) is 17.6 Å². The number of nitrogens with one attached hydrogen (secondary N) is 1. The highest BCUT2D eigenvalue weighted by Gasteiger charge is 2.12. The summed E-state index contributed by atoms with van der Waals surface area (Å²) in [4.78, 5) is 9.26. The van der Waals surface area contributed by atoms with Crippen LogP contribution in [0.1, 0.15) is 25.8 Å². The molecule has 2 heterocycles. The van der Waals surface area contributed by atoms with Gasteiger partial charge in [-0.2, -0.15) is 0 Å². The third-order valence-electron chi connectivity index (χ3n) is 3.59. The van der Waals surface area contributed by atoms with Crippen molar-refractivity contribution in [3.05, 3.63) is 42.2 Å². The number of furan rings is 1. The summed E-state index contributed by atoms with van der Waals surface area (Å²) in [7, 11) is 0. The maximum Gasteiger partial charge on any atom is 0.198 e. The van der Waals surface area contributed by atoms with Crippen LogP contribution in [0, 0.1) is 6.92 Å².